The van der Waals surface area contributed by atoms with Crippen LogP contribution in [0.1, 0.15) is 11.1 Å². The van der Waals surface area contributed by atoms with Gasteiger partial charge in [-0.3, -0.25) is 4.57 Å². The smallest absolute Gasteiger partial charge is 0.182 e. The van der Waals surface area contributed by atoms with E-state index >= 15 is 0 Å². The Labute approximate surface area is 111 Å². The van der Waals surface area contributed by atoms with E-state index in [-0.39, 0.29) is 0 Å². The van der Waals surface area contributed by atoms with Gasteiger partial charge in [-0.25, -0.2) is 0 Å². The van der Waals surface area contributed by atoms with E-state index in [9.17, 15) is 0 Å². The highest BCUT2D eigenvalue weighted by Gasteiger charge is 2.08. The fraction of sp³-hybridized carbons (Fsp3) is 0.133. The lowest BCUT2D eigenvalue weighted by Crippen LogP contribution is -1.98. The van der Waals surface area contributed by atoms with Gasteiger partial charge in [-0.2, -0.15) is 0 Å². The lowest BCUT2D eigenvalue weighted by atomic mass is 10.1. The summed E-state index contributed by atoms with van der Waals surface area (Å²) in [4.78, 5) is 3.25. The number of hydrogen-bond donors (Lipinski definition) is 1. The summed E-state index contributed by atoms with van der Waals surface area (Å²) in [5, 5.41) is 0. The molecule has 0 saturated heterocycles. The molecule has 3 aromatic rings. The molecule has 0 saturated carbocycles. The van der Waals surface area contributed by atoms with E-state index in [2.05, 4.69) is 47.7 Å². The fourth-order valence-corrected chi connectivity index (χ4v) is 2.58. The minimum Gasteiger partial charge on any atom is -0.330 e. The highest BCUT2D eigenvalue weighted by Crippen LogP contribution is 2.23. The molecular weight excluding hydrogens is 240 g/mol. The molecule has 90 valence electrons. The Morgan fingerprint density at radius 2 is 1.78 bits per heavy atom. The van der Waals surface area contributed by atoms with Gasteiger partial charge in [0, 0.05) is 0 Å². The summed E-state index contributed by atoms with van der Waals surface area (Å²) in [5.41, 5.74) is 5.88. The van der Waals surface area contributed by atoms with E-state index in [0.29, 0.717) is 0 Å². The number of rotatable bonds is 1. The van der Waals surface area contributed by atoms with Gasteiger partial charge in [-0.05, 0) is 55.4 Å². The highest BCUT2D eigenvalue weighted by atomic mass is 32.1. The fourth-order valence-electron chi connectivity index (χ4n) is 2.27. The van der Waals surface area contributed by atoms with Crippen LogP contribution in [0, 0.1) is 18.6 Å². The van der Waals surface area contributed by atoms with E-state index in [0.717, 1.165) is 21.5 Å². The first kappa shape index (κ1) is 11.2. The van der Waals surface area contributed by atoms with Crippen LogP contribution in [-0.2, 0) is 0 Å². The molecule has 1 heterocycles. The molecule has 3 rings (SSSR count). The lowest BCUT2D eigenvalue weighted by molar-refractivity contribution is 1.04. The van der Waals surface area contributed by atoms with Gasteiger partial charge < -0.3 is 4.98 Å². The molecular formula is C15H14N2S. The first-order valence-corrected chi connectivity index (χ1v) is 6.35. The second-order valence-corrected chi connectivity index (χ2v) is 4.89. The largest absolute Gasteiger partial charge is 0.330 e. The Hall–Kier alpha value is -1.87. The van der Waals surface area contributed by atoms with Gasteiger partial charge in [0.1, 0.15) is 0 Å². The van der Waals surface area contributed by atoms with Crippen LogP contribution in [-0.4, -0.2) is 9.55 Å². The Morgan fingerprint density at radius 3 is 2.61 bits per heavy atom. The number of benzene rings is 2. The third-order valence-corrected chi connectivity index (χ3v) is 3.69. The van der Waals surface area contributed by atoms with Crippen molar-refractivity contribution in [2.24, 2.45) is 0 Å². The molecule has 2 aromatic carbocycles. The zero-order chi connectivity index (χ0) is 12.7. The monoisotopic (exact) mass is 254 g/mol. The number of para-hydroxylation sites is 2. The van der Waals surface area contributed by atoms with Gasteiger partial charge in [0.25, 0.3) is 0 Å². The normalized spacial score (nSPS) is 11.0. The molecule has 0 atom stereocenters. The number of fused-ring (bicyclic) bond motifs is 1. The van der Waals surface area contributed by atoms with Gasteiger partial charge >= 0.3 is 0 Å². The quantitative estimate of drug-likeness (QED) is 0.642. The maximum atomic E-state index is 5.45. The van der Waals surface area contributed by atoms with Crippen LogP contribution >= 0.6 is 12.2 Å². The van der Waals surface area contributed by atoms with Crippen molar-refractivity contribution in [3.63, 3.8) is 0 Å². The number of aromatic amines is 1. The number of nitrogens with one attached hydrogen (secondary N) is 1. The van der Waals surface area contributed by atoms with E-state index in [1.807, 2.05) is 18.2 Å². The summed E-state index contributed by atoms with van der Waals surface area (Å²) in [6.07, 6.45) is 0. The van der Waals surface area contributed by atoms with Crippen LogP contribution in [0.15, 0.2) is 42.5 Å². The second kappa shape index (κ2) is 4.10. The number of aromatic nitrogens is 2. The van der Waals surface area contributed by atoms with Crippen LogP contribution in [0.5, 0.6) is 0 Å². The standard InChI is InChI=1S/C15H14N2S/c1-10-6-5-9-13(11(10)2)17-14-8-4-3-7-12(14)16-15(17)18/h3-9H,1-2H3,(H,16,18). The lowest BCUT2D eigenvalue weighted by Gasteiger charge is -2.10. The molecule has 0 amide bonds. The van der Waals surface area contributed by atoms with Crippen molar-refractivity contribution >= 4 is 23.3 Å². The number of H-pyrrole nitrogens is 1. The Bertz CT molecular complexity index is 781. The molecule has 0 spiro atoms. The zero-order valence-corrected chi connectivity index (χ0v) is 11.2. The maximum absolute atomic E-state index is 5.45. The predicted octanol–water partition coefficient (Wildman–Crippen LogP) is 4.30. The Balaban J connectivity index is 2.42. The van der Waals surface area contributed by atoms with Crippen LogP contribution < -0.4 is 0 Å². The maximum Gasteiger partial charge on any atom is 0.182 e. The van der Waals surface area contributed by atoms with Crippen molar-refractivity contribution < 1.29 is 0 Å². The summed E-state index contributed by atoms with van der Waals surface area (Å²) in [6.45, 7) is 4.26. The van der Waals surface area contributed by atoms with Crippen molar-refractivity contribution in [1.82, 2.24) is 9.55 Å². The highest BCUT2D eigenvalue weighted by molar-refractivity contribution is 7.71. The summed E-state index contributed by atoms with van der Waals surface area (Å²) in [6, 6.07) is 14.5. The first-order chi connectivity index (χ1) is 8.68. The second-order valence-electron chi connectivity index (χ2n) is 4.50. The summed E-state index contributed by atoms with van der Waals surface area (Å²) < 4.78 is 2.84. The first-order valence-electron chi connectivity index (χ1n) is 5.95. The molecule has 0 fully saturated rings. The Morgan fingerprint density at radius 1 is 1.00 bits per heavy atom. The van der Waals surface area contributed by atoms with Crippen molar-refractivity contribution in [2.75, 3.05) is 0 Å². The van der Waals surface area contributed by atoms with Gasteiger partial charge in [-0.15, -0.1) is 0 Å². The van der Waals surface area contributed by atoms with Crippen molar-refractivity contribution in [2.45, 2.75) is 13.8 Å². The summed E-state index contributed by atoms with van der Waals surface area (Å²) >= 11 is 5.45. The summed E-state index contributed by atoms with van der Waals surface area (Å²) in [7, 11) is 0. The molecule has 0 unspecified atom stereocenters. The number of hydrogen-bond acceptors (Lipinski definition) is 1. The molecule has 1 aromatic heterocycles. The van der Waals surface area contributed by atoms with Crippen LogP contribution in [0.3, 0.4) is 0 Å². The minimum atomic E-state index is 0.741. The number of aryl methyl sites for hydroxylation is 1. The topological polar surface area (TPSA) is 20.7 Å². The number of imidazole rings is 1. The van der Waals surface area contributed by atoms with Crippen molar-refractivity contribution in [3.05, 3.63) is 58.4 Å². The number of nitrogens with zero attached hydrogens (tertiary/aromatic N) is 1. The van der Waals surface area contributed by atoms with Gasteiger partial charge in [-0.1, -0.05) is 24.3 Å². The molecule has 3 heteroatoms. The van der Waals surface area contributed by atoms with Crippen molar-refractivity contribution in [1.29, 1.82) is 0 Å². The van der Waals surface area contributed by atoms with Crippen LogP contribution in [0.25, 0.3) is 16.7 Å². The van der Waals surface area contributed by atoms with Crippen LogP contribution in [0.4, 0.5) is 0 Å². The molecule has 1 N–H and O–H groups in total. The van der Waals surface area contributed by atoms with Gasteiger partial charge in [0.05, 0.1) is 16.7 Å². The average molecular weight is 254 g/mol. The van der Waals surface area contributed by atoms with E-state index in [4.69, 9.17) is 12.2 Å². The SMILES string of the molecule is Cc1cccc(-n2c(=S)[nH]c3ccccc32)c1C. The predicted molar refractivity (Wildman–Crippen MR) is 77.9 cm³/mol. The third-order valence-electron chi connectivity index (χ3n) is 3.41. The van der Waals surface area contributed by atoms with E-state index in [1.165, 1.54) is 11.1 Å². The molecule has 18 heavy (non-hydrogen) atoms. The molecule has 0 aliphatic rings. The third kappa shape index (κ3) is 1.59. The summed E-state index contributed by atoms with van der Waals surface area (Å²) in [5.74, 6) is 0. The average Bonchev–Trinajstić information content (AvgIpc) is 2.69. The Kier molecular flexibility index (Phi) is 2.56. The molecule has 0 aliphatic carbocycles. The zero-order valence-electron chi connectivity index (χ0n) is 10.4. The van der Waals surface area contributed by atoms with E-state index in [1.54, 1.807) is 0 Å². The molecule has 0 bridgehead atoms. The van der Waals surface area contributed by atoms with Gasteiger partial charge in [0.15, 0.2) is 4.77 Å². The molecule has 0 radical (unpaired) electrons. The molecule has 2 nitrogen and oxygen atoms in total. The van der Waals surface area contributed by atoms with E-state index < -0.39 is 0 Å². The minimum absolute atomic E-state index is 0.741. The molecule has 0 aliphatic heterocycles. The van der Waals surface area contributed by atoms with Gasteiger partial charge in [0.2, 0.25) is 0 Å². The van der Waals surface area contributed by atoms with Crippen molar-refractivity contribution in [3.8, 4) is 5.69 Å². The van der Waals surface area contributed by atoms with Crippen LogP contribution in [0.2, 0.25) is 0 Å².